The van der Waals surface area contributed by atoms with Crippen molar-refractivity contribution in [1.29, 1.82) is 0 Å². The summed E-state index contributed by atoms with van der Waals surface area (Å²) in [5.74, 6) is 0.196. The Balaban J connectivity index is 1.32. The van der Waals surface area contributed by atoms with Gasteiger partial charge in [0.25, 0.3) is 0 Å². The Bertz CT molecular complexity index is 1450. The van der Waals surface area contributed by atoms with Gasteiger partial charge in [0.05, 0.1) is 23.1 Å². The summed E-state index contributed by atoms with van der Waals surface area (Å²) in [7, 11) is 0. The highest BCUT2D eigenvalue weighted by Crippen LogP contribution is 2.36. The Hall–Kier alpha value is -4.83. The molecule has 4 aromatic rings. The number of benzene rings is 3. The smallest absolute Gasteiger partial charge is 0.353 e. The van der Waals surface area contributed by atoms with Crippen LogP contribution in [0.1, 0.15) is 41.4 Å². The highest BCUT2D eigenvalue weighted by molar-refractivity contribution is 5.90. The summed E-state index contributed by atoms with van der Waals surface area (Å²) in [4.78, 5) is 37.0. The van der Waals surface area contributed by atoms with Crippen molar-refractivity contribution in [2.24, 2.45) is 5.92 Å². The SMILES string of the molecule is CC(C)COC(=O)c1ccc(Nc2ncnc(N3CCN(C(c4ccccc4)c4ccccc4)CC3)c2[N+](=O)[O-])cc1. The normalized spacial score (nSPS) is 13.8. The van der Waals surface area contributed by atoms with Crippen molar-refractivity contribution in [1.82, 2.24) is 14.9 Å². The maximum atomic E-state index is 12.3. The van der Waals surface area contributed by atoms with Gasteiger partial charge in [0, 0.05) is 31.9 Å². The quantitative estimate of drug-likeness (QED) is 0.143. The van der Waals surface area contributed by atoms with Gasteiger partial charge in [-0.05, 0) is 41.3 Å². The summed E-state index contributed by atoms with van der Waals surface area (Å²) >= 11 is 0. The van der Waals surface area contributed by atoms with Gasteiger partial charge in [0.2, 0.25) is 11.6 Å². The summed E-state index contributed by atoms with van der Waals surface area (Å²) in [5, 5.41) is 15.3. The van der Waals surface area contributed by atoms with Crippen LogP contribution in [0.4, 0.5) is 23.0 Å². The molecule has 5 rings (SSSR count). The van der Waals surface area contributed by atoms with Gasteiger partial charge < -0.3 is 15.0 Å². The lowest BCUT2D eigenvalue weighted by atomic mass is 9.96. The molecule has 0 aliphatic carbocycles. The number of ether oxygens (including phenoxy) is 1. The number of carbonyl (C=O) groups is 1. The number of esters is 1. The summed E-state index contributed by atoms with van der Waals surface area (Å²) in [6, 6.07) is 27.4. The van der Waals surface area contributed by atoms with Crippen LogP contribution >= 0.6 is 0 Å². The molecular weight excluding hydrogens is 532 g/mol. The molecule has 1 N–H and O–H groups in total. The number of hydrogen-bond donors (Lipinski definition) is 1. The maximum absolute atomic E-state index is 12.3. The average Bonchev–Trinajstić information content (AvgIpc) is 3.01. The number of nitro groups is 1. The fourth-order valence-electron chi connectivity index (χ4n) is 5.09. The van der Waals surface area contributed by atoms with Crippen molar-refractivity contribution in [2.75, 3.05) is 43.0 Å². The van der Waals surface area contributed by atoms with E-state index >= 15 is 0 Å². The second-order valence-corrected chi connectivity index (χ2v) is 10.6. The lowest BCUT2D eigenvalue weighted by Gasteiger charge is -2.40. The van der Waals surface area contributed by atoms with E-state index in [1.165, 1.54) is 17.5 Å². The highest BCUT2D eigenvalue weighted by Gasteiger charge is 2.32. The topological polar surface area (TPSA) is 114 Å². The summed E-state index contributed by atoms with van der Waals surface area (Å²) < 4.78 is 5.28. The van der Waals surface area contributed by atoms with Crippen molar-refractivity contribution in [3.8, 4) is 0 Å². The molecule has 0 bridgehead atoms. The zero-order chi connectivity index (χ0) is 29.5. The molecule has 1 aromatic heterocycles. The predicted octanol–water partition coefficient (Wildman–Crippen LogP) is 5.85. The summed E-state index contributed by atoms with van der Waals surface area (Å²) in [6.07, 6.45) is 1.34. The molecule has 0 amide bonds. The molecule has 10 heteroatoms. The molecule has 0 spiro atoms. The van der Waals surface area contributed by atoms with Crippen LogP contribution in [0, 0.1) is 16.0 Å². The van der Waals surface area contributed by atoms with Gasteiger partial charge in [-0.1, -0.05) is 74.5 Å². The lowest BCUT2D eigenvalue weighted by molar-refractivity contribution is -0.383. The maximum Gasteiger partial charge on any atom is 0.353 e. The molecule has 42 heavy (non-hydrogen) atoms. The molecular formula is C32H34N6O4. The Morgan fingerprint density at radius 3 is 2.05 bits per heavy atom. The second-order valence-electron chi connectivity index (χ2n) is 10.6. The van der Waals surface area contributed by atoms with Gasteiger partial charge in [-0.15, -0.1) is 0 Å². The van der Waals surface area contributed by atoms with Crippen molar-refractivity contribution in [3.05, 3.63) is 118 Å². The number of aromatic nitrogens is 2. The Morgan fingerprint density at radius 1 is 0.905 bits per heavy atom. The third-order valence-electron chi connectivity index (χ3n) is 7.13. The number of piperazine rings is 1. The lowest BCUT2D eigenvalue weighted by Crippen LogP contribution is -2.48. The molecule has 0 atom stereocenters. The minimum atomic E-state index is -0.446. The van der Waals surface area contributed by atoms with Gasteiger partial charge in [-0.3, -0.25) is 15.0 Å². The number of anilines is 3. The first kappa shape index (κ1) is 28.7. The number of rotatable bonds is 10. The third-order valence-corrected chi connectivity index (χ3v) is 7.13. The van der Waals surface area contributed by atoms with Crippen LogP contribution in [0.3, 0.4) is 0 Å². The molecule has 1 aliphatic rings. The average molecular weight is 567 g/mol. The molecule has 0 saturated carbocycles. The third kappa shape index (κ3) is 6.72. The van der Waals surface area contributed by atoms with E-state index in [9.17, 15) is 14.9 Å². The molecule has 10 nitrogen and oxygen atoms in total. The number of nitrogens with zero attached hydrogens (tertiary/aromatic N) is 5. The summed E-state index contributed by atoms with van der Waals surface area (Å²) in [6.45, 7) is 6.81. The Morgan fingerprint density at radius 2 is 1.50 bits per heavy atom. The highest BCUT2D eigenvalue weighted by atomic mass is 16.6. The van der Waals surface area contributed by atoms with E-state index in [-0.39, 0.29) is 29.3 Å². The van der Waals surface area contributed by atoms with E-state index in [0.29, 0.717) is 44.0 Å². The van der Waals surface area contributed by atoms with Gasteiger partial charge in [0.1, 0.15) is 6.33 Å². The molecule has 2 heterocycles. The van der Waals surface area contributed by atoms with Crippen molar-refractivity contribution < 1.29 is 14.5 Å². The van der Waals surface area contributed by atoms with Gasteiger partial charge >= 0.3 is 11.7 Å². The van der Waals surface area contributed by atoms with E-state index < -0.39 is 10.9 Å². The predicted molar refractivity (Wildman–Crippen MR) is 162 cm³/mol. The number of nitrogens with one attached hydrogen (secondary N) is 1. The number of carbonyl (C=O) groups excluding carboxylic acids is 1. The van der Waals surface area contributed by atoms with Crippen molar-refractivity contribution >= 4 is 29.0 Å². The number of hydrogen-bond acceptors (Lipinski definition) is 9. The molecule has 1 fully saturated rings. The van der Waals surface area contributed by atoms with E-state index in [2.05, 4.69) is 44.5 Å². The Kier molecular flexibility index (Phi) is 9.03. The van der Waals surface area contributed by atoms with Crippen LogP contribution in [0.25, 0.3) is 0 Å². The molecule has 0 unspecified atom stereocenters. The largest absolute Gasteiger partial charge is 0.462 e. The van der Waals surface area contributed by atoms with Crippen LogP contribution in [0.5, 0.6) is 0 Å². The van der Waals surface area contributed by atoms with Gasteiger partial charge in [0.15, 0.2) is 0 Å². The second kappa shape index (κ2) is 13.2. The van der Waals surface area contributed by atoms with E-state index in [4.69, 9.17) is 4.74 Å². The van der Waals surface area contributed by atoms with Crippen LogP contribution < -0.4 is 10.2 Å². The van der Waals surface area contributed by atoms with Crippen molar-refractivity contribution in [2.45, 2.75) is 19.9 Å². The van der Waals surface area contributed by atoms with E-state index in [1.807, 2.05) is 55.1 Å². The first-order chi connectivity index (χ1) is 20.4. The summed E-state index contributed by atoms with van der Waals surface area (Å²) in [5.41, 5.74) is 3.18. The molecule has 1 saturated heterocycles. The fourth-order valence-corrected chi connectivity index (χ4v) is 5.09. The van der Waals surface area contributed by atoms with Crippen molar-refractivity contribution in [3.63, 3.8) is 0 Å². The molecule has 3 aromatic carbocycles. The fraction of sp³-hybridized carbons (Fsp3) is 0.281. The zero-order valence-electron chi connectivity index (χ0n) is 23.7. The van der Waals surface area contributed by atoms with Gasteiger partial charge in [-0.25, -0.2) is 14.8 Å². The zero-order valence-corrected chi connectivity index (χ0v) is 23.7. The minimum absolute atomic E-state index is 0.0813. The van der Waals surface area contributed by atoms with Crippen LogP contribution in [-0.2, 0) is 4.74 Å². The standard InChI is InChI=1S/C32H34N6O4/c1-23(2)21-42-32(39)26-13-15-27(16-14-26)35-30-29(38(40)41)31(34-22-33-30)37-19-17-36(18-20-37)28(24-9-5-3-6-10-24)25-11-7-4-8-12-25/h3-16,22-23,28H,17-21H2,1-2H3,(H,33,34,35). The van der Waals surface area contributed by atoms with E-state index in [0.717, 1.165) is 0 Å². The molecule has 1 aliphatic heterocycles. The first-order valence-corrected chi connectivity index (χ1v) is 14.0. The Labute approximate surface area is 245 Å². The van der Waals surface area contributed by atoms with Crippen LogP contribution in [0.15, 0.2) is 91.3 Å². The molecule has 216 valence electrons. The van der Waals surface area contributed by atoms with E-state index in [1.54, 1.807) is 24.3 Å². The molecule has 0 radical (unpaired) electrons. The van der Waals surface area contributed by atoms with Crippen LogP contribution in [-0.4, -0.2) is 58.5 Å². The van der Waals surface area contributed by atoms with Gasteiger partial charge in [-0.2, -0.15) is 0 Å². The first-order valence-electron chi connectivity index (χ1n) is 14.0. The van der Waals surface area contributed by atoms with Crippen LogP contribution in [0.2, 0.25) is 0 Å². The minimum Gasteiger partial charge on any atom is -0.462 e. The monoisotopic (exact) mass is 566 g/mol.